The van der Waals surface area contributed by atoms with E-state index < -0.39 is 55.2 Å². The third kappa shape index (κ3) is 14.6. The number of hydrogen-bond acceptors (Lipinski definition) is 8. The smallest absolute Gasteiger partial charge is 0.331 e. The van der Waals surface area contributed by atoms with E-state index in [-0.39, 0.29) is 24.7 Å². The zero-order valence-electron chi connectivity index (χ0n) is 25.7. The van der Waals surface area contributed by atoms with Crippen LogP contribution in [0.5, 0.6) is 0 Å². The molecule has 1 saturated heterocycles. The summed E-state index contributed by atoms with van der Waals surface area (Å²) in [6, 6.07) is -2.21. The standard InChI is InChI=1S/C31H56N2O8/c1-5-7-8-9-10-11-12-13-14-15-16-17-18-20-25(36)32-26(22(3)4)30(39)41-31-27(33-24(35)19-6-2)29(38)28(37)23(21-34)40-31/h13-14,22-23,26-29,31,34,37-38H,5-12,15-21H2,1-4H3,(H,32,36)(H,33,35). The largest absolute Gasteiger partial charge is 0.432 e. The molecular weight excluding hydrogens is 528 g/mol. The minimum absolute atomic E-state index is 0.170. The van der Waals surface area contributed by atoms with Gasteiger partial charge in [-0.25, -0.2) is 4.79 Å². The minimum atomic E-state index is -1.53. The number of unbranched alkanes of at least 4 members (excludes halogenated alkanes) is 9. The van der Waals surface area contributed by atoms with Crippen molar-refractivity contribution in [1.82, 2.24) is 10.6 Å². The highest BCUT2D eigenvalue weighted by Crippen LogP contribution is 2.23. The van der Waals surface area contributed by atoms with Crippen molar-refractivity contribution in [3.8, 4) is 0 Å². The Hall–Kier alpha value is -2.01. The Balaban J connectivity index is 2.51. The van der Waals surface area contributed by atoms with Crippen molar-refractivity contribution in [3.05, 3.63) is 12.2 Å². The van der Waals surface area contributed by atoms with Gasteiger partial charge in [-0.15, -0.1) is 0 Å². The van der Waals surface area contributed by atoms with Gasteiger partial charge in [0.2, 0.25) is 18.1 Å². The van der Waals surface area contributed by atoms with Crippen LogP contribution in [0.15, 0.2) is 12.2 Å². The lowest BCUT2D eigenvalue weighted by Gasteiger charge is -2.42. The molecule has 1 fully saturated rings. The molecule has 6 atom stereocenters. The Morgan fingerprint density at radius 2 is 1.44 bits per heavy atom. The minimum Gasteiger partial charge on any atom is -0.432 e. The lowest BCUT2D eigenvalue weighted by Crippen LogP contribution is -2.65. The van der Waals surface area contributed by atoms with Crippen LogP contribution in [0, 0.1) is 5.92 Å². The van der Waals surface area contributed by atoms with Gasteiger partial charge >= 0.3 is 5.97 Å². The zero-order valence-corrected chi connectivity index (χ0v) is 25.7. The van der Waals surface area contributed by atoms with Crippen molar-refractivity contribution in [2.45, 2.75) is 154 Å². The number of nitrogens with one attached hydrogen (secondary N) is 2. The molecule has 1 rings (SSSR count). The van der Waals surface area contributed by atoms with Gasteiger partial charge in [0.1, 0.15) is 30.4 Å². The average Bonchev–Trinajstić information content (AvgIpc) is 2.93. The molecule has 6 unspecified atom stereocenters. The summed E-state index contributed by atoms with van der Waals surface area (Å²) in [6.07, 6.45) is 12.3. The first-order valence-corrected chi connectivity index (χ1v) is 15.7. The lowest BCUT2D eigenvalue weighted by atomic mass is 9.96. The summed E-state index contributed by atoms with van der Waals surface area (Å²) in [7, 11) is 0. The van der Waals surface area contributed by atoms with Crippen LogP contribution < -0.4 is 10.6 Å². The number of carbonyl (C=O) groups is 3. The molecule has 41 heavy (non-hydrogen) atoms. The van der Waals surface area contributed by atoms with Crippen molar-refractivity contribution in [1.29, 1.82) is 0 Å². The third-order valence-electron chi connectivity index (χ3n) is 7.32. The molecule has 0 saturated carbocycles. The van der Waals surface area contributed by atoms with Gasteiger partial charge in [-0.3, -0.25) is 9.59 Å². The maximum atomic E-state index is 13.1. The number of carbonyl (C=O) groups excluding carboxylic acids is 3. The van der Waals surface area contributed by atoms with Crippen LogP contribution in [0.2, 0.25) is 0 Å². The topological polar surface area (TPSA) is 154 Å². The van der Waals surface area contributed by atoms with E-state index in [0.29, 0.717) is 12.8 Å². The molecule has 0 aliphatic carbocycles. The number of hydrogen-bond donors (Lipinski definition) is 5. The molecule has 2 amide bonds. The molecule has 0 aromatic heterocycles. The number of aliphatic hydroxyl groups excluding tert-OH is 3. The van der Waals surface area contributed by atoms with Gasteiger partial charge in [-0.1, -0.05) is 78.4 Å². The summed E-state index contributed by atoms with van der Waals surface area (Å²) in [6.45, 7) is 6.95. The van der Waals surface area contributed by atoms with Gasteiger partial charge in [0, 0.05) is 12.8 Å². The SMILES string of the molecule is CCCCCCCCC=CCCCCCC(=O)NC(C(=O)OC1OC(CO)C(O)C(O)C1NC(=O)CCC)C(C)C. The van der Waals surface area contributed by atoms with Crippen molar-refractivity contribution >= 4 is 17.8 Å². The van der Waals surface area contributed by atoms with Crippen molar-refractivity contribution in [3.63, 3.8) is 0 Å². The van der Waals surface area contributed by atoms with E-state index in [1.165, 1.54) is 38.5 Å². The van der Waals surface area contributed by atoms with Crippen LogP contribution in [0.4, 0.5) is 0 Å². The predicted octanol–water partition coefficient (Wildman–Crippen LogP) is 3.65. The Morgan fingerprint density at radius 3 is 2.02 bits per heavy atom. The number of esters is 1. The molecule has 0 spiro atoms. The second kappa shape index (κ2) is 21.7. The molecule has 0 bridgehead atoms. The summed E-state index contributed by atoms with van der Waals surface area (Å²) in [5.41, 5.74) is 0. The molecule has 0 aromatic carbocycles. The highest BCUT2D eigenvalue weighted by atomic mass is 16.7. The predicted molar refractivity (Wildman–Crippen MR) is 158 cm³/mol. The van der Waals surface area contributed by atoms with Crippen LogP contribution in [0.25, 0.3) is 0 Å². The summed E-state index contributed by atoms with van der Waals surface area (Å²) in [4.78, 5) is 37.9. The van der Waals surface area contributed by atoms with E-state index in [0.717, 1.165) is 25.7 Å². The molecule has 1 heterocycles. The van der Waals surface area contributed by atoms with E-state index in [1.54, 1.807) is 13.8 Å². The Bertz CT molecular complexity index is 775. The maximum Gasteiger partial charge on any atom is 0.331 e. The number of ether oxygens (including phenoxy) is 2. The third-order valence-corrected chi connectivity index (χ3v) is 7.32. The van der Waals surface area contributed by atoms with E-state index in [4.69, 9.17) is 9.47 Å². The summed E-state index contributed by atoms with van der Waals surface area (Å²) in [5, 5.41) is 35.6. The lowest BCUT2D eigenvalue weighted by molar-refractivity contribution is -0.264. The van der Waals surface area contributed by atoms with Crippen molar-refractivity contribution < 1.29 is 39.2 Å². The number of allylic oxidation sites excluding steroid dienone is 2. The van der Waals surface area contributed by atoms with Gasteiger partial charge in [0.05, 0.1) is 6.61 Å². The average molecular weight is 585 g/mol. The molecule has 0 radical (unpaired) electrons. The number of amides is 2. The van der Waals surface area contributed by atoms with Crippen LogP contribution in [-0.2, 0) is 23.9 Å². The molecule has 0 aromatic rings. The fourth-order valence-corrected chi connectivity index (χ4v) is 4.76. The summed E-state index contributed by atoms with van der Waals surface area (Å²) < 4.78 is 11.0. The number of aliphatic hydroxyl groups is 3. The molecule has 5 N–H and O–H groups in total. The number of rotatable bonds is 21. The van der Waals surface area contributed by atoms with E-state index >= 15 is 0 Å². The second-order valence-corrected chi connectivity index (χ2v) is 11.4. The zero-order chi connectivity index (χ0) is 30.6. The van der Waals surface area contributed by atoms with Gasteiger partial charge in [0.15, 0.2) is 0 Å². The van der Waals surface area contributed by atoms with Crippen LogP contribution in [0.3, 0.4) is 0 Å². The van der Waals surface area contributed by atoms with Crippen LogP contribution >= 0.6 is 0 Å². The monoisotopic (exact) mass is 584 g/mol. The highest BCUT2D eigenvalue weighted by Gasteiger charge is 2.47. The Kier molecular flexibility index (Phi) is 19.6. The Morgan fingerprint density at radius 1 is 0.829 bits per heavy atom. The normalized spacial score (nSPS) is 23.5. The van der Waals surface area contributed by atoms with Crippen LogP contribution in [0.1, 0.15) is 118 Å². The fraction of sp³-hybridized carbons (Fsp3) is 0.839. The van der Waals surface area contributed by atoms with Gasteiger partial charge in [-0.2, -0.15) is 0 Å². The molecule has 1 aliphatic heterocycles. The summed E-state index contributed by atoms with van der Waals surface area (Å²) >= 11 is 0. The van der Waals surface area contributed by atoms with E-state index in [9.17, 15) is 29.7 Å². The molecule has 10 nitrogen and oxygen atoms in total. The first-order valence-electron chi connectivity index (χ1n) is 15.7. The van der Waals surface area contributed by atoms with Gasteiger partial charge in [-0.05, 0) is 44.4 Å². The maximum absolute atomic E-state index is 13.1. The first-order chi connectivity index (χ1) is 19.7. The van der Waals surface area contributed by atoms with Crippen molar-refractivity contribution in [2.24, 2.45) is 5.92 Å². The first kappa shape index (κ1) is 37.0. The van der Waals surface area contributed by atoms with E-state index in [1.807, 2.05) is 6.92 Å². The Labute approximate surface area is 246 Å². The molecule has 238 valence electrons. The van der Waals surface area contributed by atoms with Crippen molar-refractivity contribution in [2.75, 3.05) is 6.61 Å². The quantitative estimate of drug-likeness (QED) is 0.0778. The van der Waals surface area contributed by atoms with Gasteiger partial charge in [0.25, 0.3) is 0 Å². The highest BCUT2D eigenvalue weighted by molar-refractivity contribution is 5.84. The second-order valence-electron chi connectivity index (χ2n) is 11.4. The fourth-order valence-electron chi connectivity index (χ4n) is 4.76. The van der Waals surface area contributed by atoms with Crippen LogP contribution in [-0.4, -0.2) is 76.4 Å². The van der Waals surface area contributed by atoms with E-state index in [2.05, 4.69) is 29.7 Å². The summed E-state index contributed by atoms with van der Waals surface area (Å²) in [5.74, 6) is -1.76. The molecule has 10 heteroatoms. The molecular formula is C31H56N2O8. The van der Waals surface area contributed by atoms with Gasteiger partial charge < -0.3 is 35.4 Å². The molecule has 1 aliphatic rings.